The molecular weight excluding hydrogens is 516 g/mol. The Labute approximate surface area is 235 Å². The first-order chi connectivity index (χ1) is 19.6. The van der Waals surface area contributed by atoms with Crippen LogP contribution < -0.4 is 25.3 Å². The fourth-order valence-corrected chi connectivity index (χ4v) is 5.40. The van der Waals surface area contributed by atoms with Gasteiger partial charge in [-0.25, -0.2) is 0 Å². The van der Waals surface area contributed by atoms with Crippen molar-refractivity contribution in [3.05, 3.63) is 46.5 Å². The van der Waals surface area contributed by atoms with E-state index in [1.807, 2.05) is 17.0 Å². The number of nitro benzene ring substituents is 1. The van der Waals surface area contributed by atoms with Gasteiger partial charge in [0, 0.05) is 69.8 Å². The Kier molecular flexibility index (Phi) is 9.76. The Bertz CT molecular complexity index is 1110. The van der Waals surface area contributed by atoms with Crippen LogP contribution >= 0.6 is 0 Å². The van der Waals surface area contributed by atoms with Crippen molar-refractivity contribution in [3.8, 4) is 0 Å². The standard InChI is InChI=1S/C14H19N3O4.C14H21N3O2/c18-17(19)14-11-12(15-3-7-20-8-4-15)1-2-13(14)16-5-9-21-10-6-16;15-13-11-12(16-3-7-18-8-4-16)1-2-14(13)17-5-9-19-10-6-17/h1-2,11H,3-10H2;1-2,11H,3-10,15H2. The van der Waals surface area contributed by atoms with E-state index in [0.29, 0.717) is 45.2 Å². The lowest BCUT2D eigenvalue weighted by atomic mass is 10.2. The molecule has 0 spiro atoms. The third-order valence-corrected chi connectivity index (χ3v) is 7.62. The molecule has 2 N–H and O–H groups in total. The van der Waals surface area contributed by atoms with Crippen molar-refractivity contribution in [3.63, 3.8) is 0 Å². The zero-order chi connectivity index (χ0) is 27.7. The molecule has 12 nitrogen and oxygen atoms in total. The van der Waals surface area contributed by atoms with E-state index < -0.39 is 0 Å². The molecule has 4 saturated heterocycles. The molecule has 0 amide bonds. The molecule has 12 heteroatoms. The predicted octanol–water partition coefficient (Wildman–Crippen LogP) is 2.21. The topological polar surface area (TPSA) is 119 Å². The smallest absolute Gasteiger partial charge is 0.294 e. The second-order valence-electron chi connectivity index (χ2n) is 10.1. The first kappa shape index (κ1) is 28.2. The Morgan fingerprint density at radius 2 is 0.950 bits per heavy atom. The van der Waals surface area contributed by atoms with Crippen LogP contribution in [0.15, 0.2) is 36.4 Å². The monoisotopic (exact) mass is 556 g/mol. The fourth-order valence-electron chi connectivity index (χ4n) is 5.40. The molecule has 0 aliphatic carbocycles. The third kappa shape index (κ3) is 7.05. The summed E-state index contributed by atoms with van der Waals surface area (Å²) in [6.07, 6.45) is 0. The average molecular weight is 557 g/mol. The predicted molar refractivity (Wildman–Crippen MR) is 156 cm³/mol. The van der Waals surface area contributed by atoms with Crippen LogP contribution in [0.4, 0.5) is 34.1 Å². The quantitative estimate of drug-likeness (QED) is 0.332. The number of ether oxygens (including phenoxy) is 4. The molecule has 40 heavy (non-hydrogen) atoms. The molecule has 0 unspecified atom stereocenters. The molecule has 0 bridgehead atoms. The number of nitrogens with zero attached hydrogens (tertiary/aromatic N) is 5. The highest BCUT2D eigenvalue weighted by Crippen LogP contribution is 2.33. The van der Waals surface area contributed by atoms with E-state index in [2.05, 4.69) is 32.9 Å². The molecule has 4 aliphatic heterocycles. The van der Waals surface area contributed by atoms with Gasteiger partial charge >= 0.3 is 0 Å². The van der Waals surface area contributed by atoms with Crippen molar-refractivity contribution >= 4 is 34.1 Å². The van der Waals surface area contributed by atoms with Crippen LogP contribution in [0.5, 0.6) is 0 Å². The number of hydrogen-bond donors (Lipinski definition) is 1. The maximum Gasteiger partial charge on any atom is 0.294 e. The van der Waals surface area contributed by atoms with Gasteiger partial charge in [0.15, 0.2) is 0 Å². The number of rotatable bonds is 5. The zero-order valence-corrected chi connectivity index (χ0v) is 23.0. The number of nitrogen functional groups attached to an aromatic ring is 1. The van der Waals surface area contributed by atoms with Crippen molar-refractivity contribution < 1.29 is 23.9 Å². The molecule has 0 atom stereocenters. The number of anilines is 5. The molecule has 2 aromatic rings. The number of hydrogen-bond acceptors (Lipinski definition) is 11. The van der Waals surface area contributed by atoms with E-state index in [-0.39, 0.29) is 10.6 Å². The lowest BCUT2D eigenvalue weighted by Crippen LogP contribution is -2.37. The van der Waals surface area contributed by atoms with Gasteiger partial charge in [-0.15, -0.1) is 0 Å². The normalized spacial score (nSPS) is 20.1. The van der Waals surface area contributed by atoms with Gasteiger partial charge in [-0.3, -0.25) is 10.1 Å². The summed E-state index contributed by atoms with van der Waals surface area (Å²) in [5.74, 6) is 0. The van der Waals surface area contributed by atoms with E-state index in [1.165, 1.54) is 5.69 Å². The number of nitro groups is 1. The lowest BCUT2D eigenvalue weighted by molar-refractivity contribution is -0.384. The van der Waals surface area contributed by atoms with Gasteiger partial charge in [-0.2, -0.15) is 0 Å². The van der Waals surface area contributed by atoms with Crippen molar-refractivity contribution in [1.29, 1.82) is 0 Å². The highest BCUT2D eigenvalue weighted by atomic mass is 16.6. The summed E-state index contributed by atoms with van der Waals surface area (Å²) in [6.45, 7) is 12.4. The number of benzene rings is 2. The van der Waals surface area contributed by atoms with Crippen molar-refractivity contribution in [2.45, 2.75) is 0 Å². The minimum Gasteiger partial charge on any atom is -0.397 e. The molecule has 218 valence electrons. The van der Waals surface area contributed by atoms with E-state index in [4.69, 9.17) is 24.7 Å². The van der Waals surface area contributed by atoms with Gasteiger partial charge in [0.2, 0.25) is 0 Å². The highest BCUT2D eigenvalue weighted by Gasteiger charge is 2.24. The molecule has 4 fully saturated rings. The van der Waals surface area contributed by atoms with Gasteiger partial charge in [-0.1, -0.05) is 0 Å². The minimum atomic E-state index is -0.297. The second kappa shape index (κ2) is 13.8. The first-order valence-corrected chi connectivity index (χ1v) is 14.1. The van der Waals surface area contributed by atoms with E-state index in [9.17, 15) is 10.1 Å². The summed E-state index contributed by atoms with van der Waals surface area (Å²) in [5, 5.41) is 11.4. The zero-order valence-electron chi connectivity index (χ0n) is 23.0. The van der Waals surface area contributed by atoms with Gasteiger partial charge in [0.05, 0.1) is 69.2 Å². The molecule has 2 aromatic carbocycles. The Balaban J connectivity index is 0.000000162. The van der Waals surface area contributed by atoms with Crippen LogP contribution in [0.1, 0.15) is 0 Å². The third-order valence-electron chi connectivity index (χ3n) is 7.62. The molecule has 0 radical (unpaired) electrons. The number of nitrogens with two attached hydrogens (primary N) is 1. The van der Waals surface area contributed by atoms with Crippen LogP contribution in [0.25, 0.3) is 0 Å². The van der Waals surface area contributed by atoms with Crippen molar-refractivity contribution in [2.75, 3.05) is 131 Å². The number of morpholine rings is 4. The van der Waals surface area contributed by atoms with E-state index in [1.54, 1.807) is 6.07 Å². The summed E-state index contributed by atoms with van der Waals surface area (Å²) in [5.41, 5.74) is 11.1. The van der Waals surface area contributed by atoms with E-state index >= 15 is 0 Å². The molecule has 0 saturated carbocycles. The van der Waals surface area contributed by atoms with Crippen LogP contribution in [-0.2, 0) is 18.9 Å². The van der Waals surface area contributed by atoms with Crippen LogP contribution in [0, 0.1) is 10.1 Å². The van der Waals surface area contributed by atoms with Crippen molar-refractivity contribution in [1.82, 2.24) is 0 Å². The van der Waals surface area contributed by atoms with Crippen LogP contribution in [0.3, 0.4) is 0 Å². The highest BCUT2D eigenvalue weighted by molar-refractivity contribution is 5.73. The Morgan fingerprint density at radius 1 is 0.575 bits per heavy atom. The molecular formula is C28H40N6O6. The molecule has 6 rings (SSSR count). The largest absolute Gasteiger partial charge is 0.397 e. The fraction of sp³-hybridized carbons (Fsp3) is 0.571. The van der Waals surface area contributed by atoms with Gasteiger partial charge < -0.3 is 44.3 Å². The summed E-state index contributed by atoms with van der Waals surface area (Å²) < 4.78 is 21.4. The summed E-state index contributed by atoms with van der Waals surface area (Å²) >= 11 is 0. The molecule has 4 heterocycles. The maximum atomic E-state index is 11.4. The molecule has 4 aliphatic rings. The van der Waals surface area contributed by atoms with Gasteiger partial charge in [0.1, 0.15) is 5.69 Å². The van der Waals surface area contributed by atoms with Crippen LogP contribution in [0.2, 0.25) is 0 Å². The van der Waals surface area contributed by atoms with Crippen molar-refractivity contribution in [2.24, 2.45) is 0 Å². The lowest BCUT2D eigenvalue weighted by Gasteiger charge is -2.32. The van der Waals surface area contributed by atoms with Gasteiger partial charge in [-0.05, 0) is 30.3 Å². The van der Waals surface area contributed by atoms with E-state index in [0.717, 1.165) is 82.8 Å². The van der Waals surface area contributed by atoms with Gasteiger partial charge in [0.25, 0.3) is 5.69 Å². The summed E-state index contributed by atoms with van der Waals surface area (Å²) in [6, 6.07) is 11.9. The average Bonchev–Trinajstić information content (AvgIpc) is 3.03. The first-order valence-electron chi connectivity index (χ1n) is 14.1. The second-order valence-corrected chi connectivity index (χ2v) is 10.1. The summed E-state index contributed by atoms with van der Waals surface area (Å²) in [7, 11) is 0. The Hall–Kier alpha value is -3.32. The Morgan fingerprint density at radius 3 is 1.38 bits per heavy atom. The minimum absolute atomic E-state index is 0.167. The van der Waals surface area contributed by atoms with Crippen LogP contribution in [-0.4, -0.2) is 110 Å². The SMILES string of the molecule is Nc1cc(N2CCOCC2)ccc1N1CCOCC1.O=[N+]([O-])c1cc(N2CCOCC2)ccc1N1CCOCC1. The molecule has 0 aromatic heterocycles. The summed E-state index contributed by atoms with van der Waals surface area (Å²) in [4.78, 5) is 19.9. The maximum absolute atomic E-state index is 11.4.